The first-order valence-corrected chi connectivity index (χ1v) is 6.38. The van der Waals surface area contributed by atoms with Crippen molar-refractivity contribution >= 4 is 17.4 Å². The number of amides is 1. The fourth-order valence-corrected chi connectivity index (χ4v) is 2.15. The Balaban J connectivity index is 1.92. The molecule has 0 aliphatic carbocycles. The summed E-state index contributed by atoms with van der Waals surface area (Å²) >= 11 is 0. The summed E-state index contributed by atoms with van der Waals surface area (Å²) in [5.74, 6) is 0.502. The lowest BCUT2D eigenvalue weighted by molar-refractivity contribution is -0.385. The van der Waals surface area contributed by atoms with Gasteiger partial charge < -0.3 is 16.0 Å². The van der Waals surface area contributed by atoms with Crippen LogP contribution < -0.4 is 11.1 Å². The number of rotatable bonds is 4. The van der Waals surface area contributed by atoms with Gasteiger partial charge in [0, 0.05) is 25.2 Å². The van der Waals surface area contributed by atoms with E-state index in [0.717, 1.165) is 6.42 Å². The number of likely N-dealkylation sites (tertiary alicyclic amines) is 1. The van der Waals surface area contributed by atoms with Gasteiger partial charge in [0.1, 0.15) is 12.0 Å². The van der Waals surface area contributed by atoms with Crippen LogP contribution in [0.25, 0.3) is 0 Å². The van der Waals surface area contributed by atoms with Gasteiger partial charge in [-0.2, -0.15) is 0 Å². The maximum Gasteiger partial charge on any atom is 0.287 e. The summed E-state index contributed by atoms with van der Waals surface area (Å²) < 4.78 is 0. The number of hydrogen-bond acceptors (Lipinski definition) is 6. The van der Waals surface area contributed by atoms with Crippen molar-refractivity contribution in [1.82, 2.24) is 9.88 Å². The Morgan fingerprint density at radius 3 is 2.95 bits per heavy atom. The zero-order chi connectivity index (χ0) is 14.7. The van der Waals surface area contributed by atoms with Crippen LogP contribution in [0.5, 0.6) is 0 Å². The van der Waals surface area contributed by atoms with Gasteiger partial charge in [-0.25, -0.2) is 4.98 Å². The molecular weight excluding hydrogens is 262 g/mol. The van der Waals surface area contributed by atoms with Crippen LogP contribution in [0.1, 0.15) is 13.3 Å². The predicted molar refractivity (Wildman–Crippen MR) is 73.1 cm³/mol. The van der Waals surface area contributed by atoms with Gasteiger partial charge in [-0.05, 0) is 19.4 Å². The van der Waals surface area contributed by atoms with Gasteiger partial charge in [0.05, 0.1) is 11.0 Å². The summed E-state index contributed by atoms with van der Waals surface area (Å²) in [6.07, 6.45) is 2.01. The first kappa shape index (κ1) is 14.2. The van der Waals surface area contributed by atoms with Gasteiger partial charge in [0.25, 0.3) is 5.69 Å². The molecule has 1 unspecified atom stereocenters. The second-order valence-electron chi connectivity index (χ2n) is 4.86. The van der Waals surface area contributed by atoms with E-state index in [1.807, 2.05) is 0 Å². The van der Waals surface area contributed by atoms with Crippen molar-refractivity contribution in [3.8, 4) is 0 Å². The normalized spacial score (nSPS) is 19.7. The Bertz CT molecular complexity index is 502. The summed E-state index contributed by atoms with van der Waals surface area (Å²) in [6.45, 7) is 2.89. The topological polar surface area (TPSA) is 114 Å². The van der Waals surface area contributed by atoms with Crippen molar-refractivity contribution in [3.63, 3.8) is 0 Å². The lowest BCUT2D eigenvalue weighted by Crippen LogP contribution is -2.41. The van der Waals surface area contributed by atoms with Crippen LogP contribution >= 0.6 is 0 Å². The predicted octanol–water partition coefficient (Wildman–Crippen LogP) is 0.350. The zero-order valence-corrected chi connectivity index (χ0v) is 11.2. The molecule has 1 saturated heterocycles. The maximum atomic E-state index is 11.7. The van der Waals surface area contributed by atoms with Gasteiger partial charge >= 0.3 is 0 Å². The van der Waals surface area contributed by atoms with Gasteiger partial charge in [-0.3, -0.25) is 14.9 Å². The molecule has 108 valence electrons. The molecule has 8 nitrogen and oxygen atoms in total. The van der Waals surface area contributed by atoms with Crippen LogP contribution in [0.15, 0.2) is 18.3 Å². The number of anilines is 1. The van der Waals surface area contributed by atoms with Crippen molar-refractivity contribution in [1.29, 1.82) is 0 Å². The summed E-state index contributed by atoms with van der Waals surface area (Å²) in [6, 6.07) is 2.56. The van der Waals surface area contributed by atoms with Gasteiger partial charge in [0.2, 0.25) is 5.91 Å². The highest BCUT2D eigenvalue weighted by Crippen LogP contribution is 2.17. The third kappa shape index (κ3) is 3.21. The zero-order valence-electron chi connectivity index (χ0n) is 11.2. The van der Waals surface area contributed by atoms with Crippen LogP contribution in [0.2, 0.25) is 0 Å². The van der Waals surface area contributed by atoms with E-state index >= 15 is 0 Å². The standard InChI is InChI=1S/C12H17N5O3/c1-8(13)12(18)16-5-4-9(7-16)15-11-3-2-10(6-14-11)17(19)20/h2-3,6,8-9H,4-5,7,13H2,1H3,(H,14,15)/t8-,9?/m1/s1. The van der Waals surface area contributed by atoms with Crippen molar-refractivity contribution in [3.05, 3.63) is 28.4 Å². The third-order valence-corrected chi connectivity index (χ3v) is 3.20. The van der Waals surface area contributed by atoms with Crippen molar-refractivity contribution in [2.75, 3.05) is 18.4 Å². The molecule has 2 atom stereocenters. The van der Waals surface area contributed by atoms with Crippen molar-refractivity contribution in [2.45, 2.75) is 25.4 Å². The first-order valence-electron chi connectivity index (χ1n) is 6.38. The molecule has 8 heteroatoms. The van der Waals surface area contributed by atoms with E-state index in [1.54, 1.807) is 17.9 Å². The van der Waals surface area contributed by atoms with E-state index < -0.39 is 11.0 Å². The highest BCUT2D eigenvalue weighted by molar-refractivity contribution is 5.81. The quantitative estimate of drug-likeness (QED) is 0.607. The molecule has 20 heavy (non-hydrogen) atoms. The molecule has 1 aromatic rings. The fourth-order valence-electron chi connectivity index (χ4n) is 2.15. The first-order chi connectivity index (χ1) is 9.47. The summed E-state index contributed by atoms with van der Waals surface area (Å²) in [5, 5.41) is 13.7. The molecule has 3 N–H and O–H groups in total. The van der Waals surface area contributed by atoms with Crippen LogP contribution in [0, 0.1) is 10.1 Å². The lowest BCUT2D eigenvalue weighted by atomic mass is 10.2. The average Bonchev–Trinajstić information content (AvgIpc) is 2.86. The van der Waals surface area contributed by atoms with E-state index in [9.17, 15) is 14.9 Å². The second kappa shape index (κ2) is 5.83. The van der Waals surface area contributed by atoms with Gasteiger partial charge in [-0.15, -0.1) is 0 Å². The lowest BCUT2D eigenvalue weighted by Gasteiger charge is -2.19. The Kier molecular flexibility index (Phi) is 4.14. The minimum atomic E-state index is -0.494. The van der Waals surface area contributed by atoms with E-state index in [0.29, 0.717) is 18.9 Å². The number of hydrogen-bond donors (Lipinski definition) is 2. The molecule has 0 radical (unpaired) electrons. The molecule has 0 spiro atoms. The number of carbonyl (C=O) groups is 1. The van der Waals surface area contributed by atoms with E-state index in [1.165, 1.54) is 12.3 Å². The Hall–Kier alpha value is -2.22. The Labute approximate surface area is 116 Å². The molecule has 1 amide bonds. The molecule has 0 saturated carbocycles. The smallest absolute Gasteiger partial charge is 0.287 e. The second-order valence-corrected chi connectivity index (χ2v) is 4.86. The maximum absolute atomic E-state index is 11.7. The van der Waals surface area contributed by atoms with Gasteiger partial charge in [0.15, 0.2) is 0 Å². The summed E-state index contributed by atoms with van der Waals surface area (Å²) in [7, 11) is 0. The minimum absolute atomic E-state index is 0.0456. The third-order valence-electron chi connectivity index (χ3n) is 3.20. The highest BCUT2D eigenvalue weighted by atomic mass is 16.6. The molecule has 1 aliphatic heterocycles. The van der Waals surface area contributed by atoms with Gasteiger partial charge in [-0.1, -0.05) is 0 Å². The van der Waals surface area contributed by atoms with E-state index in [2.05, 4.69) is 10.3 Å². The number of carbonyl (C=O) groups excluding carboxylic acids is 1. The number of nitrogens with zero attached hydrogens (tertiary/aromatic N) is 3. The molecule has 0 bridgehead atoms. The van der Waals surface area contributed by atoms with E-state index in [4.69, 9.17) is 5.73 Å². The summed E-state index contributed by atoms with van der Waals surface area (Å²) in [4.78, 5) is 27.5. The molecule has 2 rings (SSSR count). The fraction of sp³-hybridized carbons (Fsp3) is 0.500. The van der Waals surface area contributed by atoms with Crippen molar-refractivity contribution < 1.29 is 9.72 Å². The van der Waals surface area contributed by atoms with Crippen LogP contribution in [0.3, 0.4) is 0 Å². The number of nitrogens with one attached hydrogen (secondary N) is 1. The average molecular weight is 279 g/mol. The van der Waals surface area contributed by atoms with E-state index in [-0.39, 0.29) is 17.6 Å². The monoisotopic (exact) mass is 279 g/mol. The van der Waals surface area contributed by atoms with Crippen LogP contribution in [0.4, 0.5) is 11.5 Å². The number of nitrogens with two attached hydrogens (primary N) is 1. The van der Waals surface area contributed by atoms with Crippen LogP contribution in [-0.4, -0.2) is 45.9 Å². The number of aromatic nitrogens is 1. The largest absolute Gasteiger partial charge is 0.365 e. The number of nitro groups is 1. The molecular formula is C12H17N5O3. The molecule has 1 aromatic heterocycles. The number of pyridine rings is 1. The van der Waals surface area contributed by atoms with Crippen LogP contribution in [-0.2, 0) is 4.79 Å². The molecule has 1 aliphatic rings. The SMILES string of the molecule is C[C@@H](N)C(=O)N1CCC(Nc2ccc([N+](=O)[O-])cn2)C1. The van der Waals surface area contributed by atoms with Crippen molar-refractivity contribution in [2.24, 2.45) is 5.73 Å². The molecule has 1 fully saturated rings. The summed E-state index contributed by atoms with van der Waals surface area (Å²) in [5.41, 5.74) is 5.53. The Morgan fingerprint density at radius 1 is 1.65 bits per heavy atom. The Morgan fingerprint density at radius 2 is 2.40 bits per heavy atom. The molecule has 2 heterocycles. The highest BCUT2D eigenvalue weighted by Gasteiger charge is 2.27. The minimum Gasteiger partial charge on any atom is -0.365 e. The molecule has 0 aromatic carbocycles.